The Hall–Kier alpha value is 0.0300. The Morgan fingerprint density at radius 2 is 2.35 bits per heavy atom. The van der Waals surface area contributed by atoms with Crippen molar-refractivity contribution in [1.29, 1.82) is 0 Å². The van der Waals surface area contributed by atoms with E-state index in [2.05, 4.69) is 42.2 Å². The van der Waals surface area contributed by atoms with Gasteiger partial charge in [-0.05, 0) is 63.2 Å². The topological polar surface area (TPSA) is 34.2 Å². The van der Waals surface area contributed by atoms with E-state index in [1.807, 2.05) is 12.3 Å². The summed E-state index contributed by atoms with van der Waals surface area (Å²) in [5.41, 5.74) is 1.05. The standard InChI is InChI=1S/C12H16Br2N2O/c13-10-5-11(14)12(16-6-10)7-15-3-1-9-2-4-17-8-9/h5-6,9,15H,1-4,7-8H2. The predicted molar refractivity (Wildman–Crippen MR) is 74.9 cm³/mol. The number of hydrogen-bond donors (Lipinski definition) is 1. The van der Waals surface area contributed by atoms with Gasteiger partial charge in [0.25, 0.3) is 0 Å². The Morgan fingerprint density at radius 3 is 3.06 bits per heavy atom. The first-order valence-corrected chi connectivity index (χ1v) is 7.42. The smallest absolute Gasteiger partial charge is 0.0684 e. The molecule has 1 aliphatic heterocycles. The molecule has 0 aliphatic carbocycles. The fourth-order valence-electron chi connectivity index (χ4n) is 1.90. The molecular formula is C12H16Br2N2O. The molecule has 0 bridgehead atoms. The van der Waals surface area contributed by atoms with E-state index >= 15 is 0 Å². The fraction of sp³-hybridized carbons (Fsp3) is 0.583. The molecule has 1 unspecified atom stereocenters. The molecule has 1 atom stereocenters. The summed E-state index contributed by atoms with van der Waals surface area (Å²) in [5.74, 6) is 0.740. The van der Waals surface area contributed by atoms with Crippen LogP contribution in [0.3, 0.4) is 0 Å². The van der Waals surface area contributed by atoms with Crippen LogP contribution in [-0.4, -0.2) is 24.7 Å². The van der Waals surface area contributed by atoms with Crippen LogP contribution >= 0.6 is 31.9 Å². The van der Waals surface area contributed by atoms with Crippen LogP contribution in [0.15, 0.2) is 21.2 Å². The van der Waals surface area contributed by atoms with Crippen LogP contribution in [0.2, 0.25) is 0 Å². The summed E-state index contributed by atoms with van der Waals surface area (Å²) in [5, 5.41) is 3.43. The number of nitrogens with one attached hydrogen (secondary N) is 1. The monoisotopic (exact) mass is 362 g/mol. The van der Waals surface area contributed by atoms with Crippen molar-refractivity contribution in [3.8, 4) is 0 Å². The van der Waals surface area contributed by atoms with Crippen LogP contribution in [0.1, 0.15) is 18.5 Å². The Balaban J connectivity index is 1.70. The lowest BCUT2D eigenvalue weighted by Gasteiger charge is -2.09. The lowest BCUT2D eigenvalue weighted by molar-refractivity contribution is 0.184. The second-order valence-electron chi connectivity index (χ2n) is 4.28. The second-order valence-corrected chi connectivity index (χ2v) is 6.05. The normalized spacial score (nSPS) is 19.8. The average Bonchev–Trinajstić information content (AvgIpc) is 2.79. The summed E-state index contributed by atoms with van der Waals surface area (Å²) in [6.45, 7) is 3.70. The zero-order valence-corrected chi connectivity index (χ0v) is 12.8. The zero-order valence-electron chi connectivity index (χ0n) is 9.59. The molecule has 2 rings (SSSR count). The molecule has 1 aromatic rings. The maximum atomic E-state index is 5.35. The number of ether oxygens (including phenoxy) is 1. The molecular weight excluding hydrogens is 348 g/mol. The molecule has 17 heavy (non-hydrogen) atoms. The van der Waals surface area contributed by atoms with E-state index in [1.54, 1.807) is 0 Å². The highest BCUT2D eigenvalue weighted by atomic mass is 79.9. The maximum Gasteiger partial charge on any atom is 0.0684 e. The van der Waals surface area contributed by atoms with Gasteiger partial charge in [0.05, 0.1) is 5.69 Å². The first-order chi connectivity index (χ1) is 8.25. The highest BCUT2D eigenvalue weighted by Crippen LogP contribution is 2.19. The van der Waals surface area contributed by atoms with E-state index in [-0.39, 0.29) is 0 Å². The van der Waals surface area contributed by atoms with Gasteiger partial charge in [0.15, 0.2) is 0 Å². The SMILES string of the molecule is Brc1cnc(CNCCC2CCOC2)c(Br)c1. The van der Waals surface area contributed by atoms with Gasteiger partial charge in [0.2, 0.25) is 0 Å². The van der Waals surface area contributed by atoms with Gasteiger partial charge in [-0.3, -0.25) is 4.98 Å². The molecule has 3 nitrogen and oxygen atoms in total. The number of halogens is 2. The number of hydrogen-bond acceptors (Lipinski definition) is 3. The molecule has 1 aromatic heterocycles. The van der Waals surface area contributed by atoms with E-state index in [0.29, 0.717) is 0 Å². The zero-order chi connectivity index (χ0) is 12.1. The van der Waals surface area contributed by atoms with Gasteiger partial charge in [-0.2, -0.15) is 0 Å². The minimum atomic E-state index is 0.740. The van der Waals surface area contributed by atoms with E-state index in [9.17, 15) is 0 Å². The Kier molecular flexibility index (Phi) is 5.41. The molecule has 0 spiro atoms. The van der Waals surface area contributed by atoms with Crippen LogP contribution in [0.4, 0.5) is 0 Å². The summed E-state index contributed by atoms with van der Waals surface area (Å²) in [4.78, 5) is 4.37. The summed E-state index contributed by atoms with van der Waals surface area (Å²) in [6.07, 6.45) is 4.22. The largest absolute Gasteiger partial charge is 0.381 e. The van der Waals surface area contributed by atoms with Crippen LogP contribution in [-0.2, 0) is 11.3 Å². The number of aromatic nitrogens is 1. The minimum Gasteiger partial charge on any atom is -0.381 e. The molecule has 2 heterocycles. The molecule has 1 aliphatic rings. The van der Waals surface area contributed by atoms with Crippen molar-refractivity contribution in [3.63, 3.8) is 0 Å². The average molecular weight is 364 g/mol. The molecule has 5 heteroatoms. The number of rotatable bonds is 5. The Morgan fingerprint density at radius 1 is 1.47 bits per heavy atom. The van der Waals surface area contributed by atoms with Gasteiger partial charge >= 0.3 is 0 Å². The molecule has 1 N–H and O–H groups in total. The van der Waals surface area contributed by atoms with Gasteiger partial charge in [-0.25, -0.2) is 0 Å². The second kappa shape index (κ2) is 6.83. The number of nitrogens with zero attached hydrogens (tertiary/aromatic N) is 1. The van der Waals surface area contributed by atoms with Crippen LogP contribution in [0.25, 0.3) is 0 Å². The number of pyridine rings is 1. The third-order valence-corrected chi connectivity index (χ3v) is 4.05. The van der Waals surface area contributed by atoms with Crippen LogP contribution in [0, 0.1) is 5.92 Å². The molecule has 1 saturated heterocycles. The molecule has 94 valence electrons. The van der Waals surface area contributed by atoms with Crippen molar-refractivity contribution >= 4 is 31.9 Å². The molecule has 0 radical (unpaired) electrons. The predicted octanol–water partition coefficient (Wildman–Crippen LogP) is 3.12. The summed E-state index contributed by atoms with van der Waals surface area (Å²) >= 11 is 6.91. The highest BCUT2D eigenvalue weighted by molar-refractivity contribution is 9.11. The summed E-state index contributed by atoms with van der Waals surface area (Å²) in [6, 6.07) is 2.02. The highest BCUT2D eigenvalue weighted by Gasteiger charge is 2.14. The lowest BCUT2D eigenvalue weighted by atomic mass is 10.1. The van der Waals surface area contributed by atoms with E-state index in [1.165, 1.54) is 12.8 Å². The van der Waals surface area contributed by atoms with Gasteiger partial charge in [0, 0.05) is 34.9 Å². The molecule has 0 aromatic carbocycles. The van der Waals surface area contributed by atoms with Crippen molar-refractivity contribution in [1.82, 2.24) is 10.3 Å². The van der Waals surface area contributed by atoms with E-state index in [4.69, 9.17) is 4.74 Å². The van der Waals surface area contributed by atoms with Gasteiger partial charge in [-0.15, -0.1) is 0 Å². The maximum absolute atomic E-state index is 5.35. The summed E-state index contributed by atoms with van der Waals surface area (Å²) < 4.78 is 7.39. The van der Waals surface area contributed by atoms with Gasteiger partial charge < -0.3 is 10.1 Å². The van der Waals surface area contributed by atoms with E-state index < -0.39 is 0 Å². The van der Waals surface area contributed by atoms with Crippen molar-refractivity contribution in [2.24, 2.45) is 5.92 Å². The van der Waals surface area contributed by atoms with Gasteiger partial charge in [-0.1, -0.05) is 0 Å². The minimum absolute atomic E-state index is 0.740. The van der Waals surface area contributed by atoms with Crippen molar-refractivity contribution in [2.75, 3.05) is 19.8 Å². The quantitative estimate of drug-likeness (QED) is 0.816. The molecule has 0 amide bonds. The lowest BCUT2D eigenvalue weighted by Crippen LogP contribution is -2.18. The van der Waals surface area contributed by atoms with Crippen molar-refractivity contribution in [3.05, 3.63) is 26.9 Å². The first kappa shape index (κ1) is 13.5. The Bertz CT molecular complexity index is 368. The Labute approximate surface area is 119 Å². The van der Waals surface area contributed by atoms with Gasteiger partial charge in [0.1, 0.15) is 0 Å². The first-order valence-electron chi connectivity index (χ1n) is 5.84. The van der Waals surface area contributed by atoms with E-state index in [0.717, 1.165) is 46.9 Å². The third-order valence-electron chi connectivity index (χ3n) is 2.93. The van der Waals surface area contributed by atoms with Crippen LogP contribution in [0.5, 0.6) is 0 Å². The fourth-order valence-corrected chi connectivity index (χ4v) is 3.02. The third kappa shape index (κ3) is 4.32. The van der Waals surface area contributed by atoms with Crippen molar-refractivity contribution in [2.45, 2.75) is 19.4 Å². The molecule has 1 fully saturated rings. The summed E-state index contributed by atoms with van der Waals surface area (Å²) in [7, 11) is 0. The van der Waals surface area contributed by atoms with Crippen molar-refractivity contribution < 1.29 is 4.74 Å². The van der Waals surface area contributed by atoms with Crippen LogP contribution < -0.4 is 5.32 Å². The molecule has 0 saturated carbocycles.